The first-order valence-electron chi connectivity index (χ1n) is 7.95. The van der Waals surface area contributed by atoms with E-state index in [1.165, 1.54) is 19.2 Å². The molecule has 0 unspecified atom stereocenters. The Morgan fingerprint density at radius 2 is 1.80 bits per heavy atom. The summed E-state index contributed by atoms with van der Waals surface area (Å²) in [6.45, 7) is 4.00. The van der Waals surface area contributed by atoms with Crippen molar-refractivity contribution in [2.45, 2.75) is 20.3 Å². The number of carbonyl (C=O) groups is 2. The lowest BCUT2D eigenvalue weighted by atomic mass is 10.1. The number of nitrogens with one attached hydrogen (secondary N) is 1. The van der Waals surface area contributed by atoms with Crippen molar-refractivity contribution in [1.29, 1.82) is 0 Å². The number of anilines is 1. The van der Waals surface area contributed by atoms with Crippen LogP contribution in [0.4, 0.5) is 5.69 Å². The maximum Gasteiger partial charge on any atom is 0.341 e. The van der Waals surface area contributed by atoms with Crippen LogP contribution in [0.25, 0.3) is 0 Å². The monoisotopic (exact) mass is 361 g/mol. The molecule has 1 N–H and O–H groups in total. The summed E-state index contributed by atoms with van der Waals surface area (Å²) in [6.07, 6.45) is 0.903. The summed E-state index contributed by atoms with van der Waals surface area (Å²) in [6, 6.07) is 10.3. The smallest absolute Gasteiger partial charge is 0.341 e. The van der Waals surface area contributed by atoms with Crippen molar-refractivity contribution in [2.75, 3.05) is 19.0 Å². The molecule has 0 heterocycles. The fourth-order valence-corrected chi connectivity index (χ4v) is 2.48. The first-order chi connectivity index (χ1) is 12.0. The van der Waals surface area contributed by atoms with Gasteiger partial charge in [-0.05, 0) is 37.1 Å². The Hall–Kier alpha value is -2.53. The molecule has 132 valence electrons. The zero-order valence-electron chi connectivity index (χ0n) is 14.4. The average molecular weight is 362 g/mol. The van der Waals surface area contributed by atoms with Crippen molar-refractivity contribution in [3.05, 3.63) is 58.1 Å². The van der Waals surface area contributed by atoms with E-state index < -0.39 is 5.97 Å². The summed E-state index contributed by atoms with van der Waals surface area (Å²) in [4.78, 5) is 24.3. The molecule has 0 bridgehead atoms. The number of aryl methyl sites for hydroxylation is 1. The van der Waals surface area contributed by atoms with E-state index in [2.05, 4.69) is 5.32 Å². The number of rotatable bonds is 6. The Kier molecular flexibility index (Phi) is 6.42. The van der Waals surface area contributed by atoms with E-state index in [-0.39, 0.29) is 28.8 Å². The van der Waals surface area contributed by atoms with Gasteiger partial charge in [0.05, 0.1) is 24.4 Å². The molecule has 6 heteroatoms. The van der Waals surface area contributed by atoms with Crippen LogP contribution in [0.1, 0.15) is 40.1 Å². The van der Waals surface area contributed by atoms with E-state index in [4.69, 9.17) is 21.1 Å². The lowest BCUT2D eigenvalue weighted by molar-refractivity contribution is 0.0522. The molecule has 0 aliphatic heterocycles. The van der Waals surface area contributed by atoms with E-state index in [1.54, 1.807) is 19.1 Å². The van der Waals surface area contributed by atoms with Crippen molar-refractivity contribution in [3.63, 3.8) is 0 Å². The highest BCUT2D eigenvalue weighted by atomic mass is 35.5. The van der Waals surface area contributed by atoms with Gasteiger partial charge in [0.15, 0.2) is 0 Å². The predicted molar refractivity (Wildman–Crippen MR) is 97.7 cm³/mol. The highest BCUT2D eigenvalue weighted by Gasteiger charge is 2.18. The molecule has 2 aromatic carbocycles. The van der Waals surface area contributed by atoms with Crippen molar-refractivity contribution in [2.24, 2.45) is 0 Å². The number of esters is 1. The Morgan fingerprint density at radius 1 is 1.12 bits per heavy atom. The van der Waals surface area contributed by atoms with Crippen molar-refractivity contribution < 1.29 is 19.1 Å². The summed E-state index contributed by atoms with van der Waals surface area (Å²) < 4.78 is 10.2. The molecular formula is C19H20ClNO4. The van der Waals surface area contributed by atoms with Gasteiger partial charge >= 0.3 is 5.97 Å². The first-order valence-corrected chi connectivity index (χ1v) is 8.32. The molecule has 0 saturated heterocycles. The zero-order valence-corrected chi connectivity index (χ0v) is 15.1. The van der Waals surface area contributed by atoms with Crippen LogP contribution in [0.15, 0.2) is 36.4 Å². The summed E-state index contributed by atoms with van der Waals surface area (Å²) >= 11 is 6.20. The molecule has 25 heavy (non-hydrogen) atoms. The van der Waals surface area contributed by atoms with Crippen LogP contribution in [-0.4, -0.2) is 25.6 Å². The SMILES string of the molecule is CCOC(=O)c1cc(Cl)c(NC(=O)c2ccc(CC)cc2)cc1OC. The van der Waals surface area contributed by atoms with Crippen LogP contribution in [-0.2, 0) is 11.2 Å². The van der Waals surface area contributed by atoms with E-state index in [0.717, 1.165) is 12.0 Å². The molecule has 0 fully saturated rings. The summed E-state index contributed by atoms with van der Waals surface area (Å²) in [5.41, 5.74) is 2.23. The summed E-state index contributed by atoms with van der Waals surface area (Å²) in [5.74, 6) is -0.552. The molecule has 0 saturated carbocycles. The molecule has 0 aromatic heterocycles. The second-order valence-corrected chi connectivity index (χ2v) is 5.66. The number of benzene rings is 2. The predicted octanol–water partition coefficient (Wildman–Crippen LogP) is 4.34. The van der Waals surface area contributed by atoms with E-state index in [1.807, 2.05) is 19.1 Å². The maximum atomic E-state index is 12.4. The van der Waals surface area contributed by atoms with Crippen LogP contribution < -0.4 is 10.1 Å². The fourth-order valence-electron chi connectivity index (χ4n) is 2.27. The minimum atomic E-state index is -0.533. The molecule has 0 spiro atoms. The molecule has 0 atom stereocenters. The van der Waals surface area contributed by atoms with Crippen molar-refractivity contribution in [1.82, 2.24) is 0 Å². The number of methoxy groups -OCH3 is 1. The van der Waals surface area contributed by atoms with Crippen LogP contribution in [0.5, 0.6) is 5.75 Å². The van der Waals surface area contributed by atoms with Gasteiger partial charge in [0.1, 0.15) is 11.3 Å². The largest absolute Gasteiger partial charge is 0.496 e. The van der Waals surface area contributed by atoms with Crippen LogP contribution in [0.2, 0.25) is 5.02 Å². The van der Waals surface area contributed by atoms with Gasteiger partial charge < -0.3 is 14.8 Å². The Balaban J connectivity index is 2.26. The summed E-state index contributed by atoms with van der Waals surface area (Å²) in [5, 5.41) is 2.96. The van der Waals surface area contributed by atoms with Crippen LogP contribution in [0, 0.1) is 0 Å². The van der Waals surface area contributed by atoms with Gasteiger partial charge in [-0.25, -0.2) is 4.79 Å². The standard InChI is InChI=1S/C19H20ClNO4/c1-4-12-6-8-13(9-7-12)18(22)21-16-11-17(24-3)14(10-15(16)20)19(23)25-5-2/h6-11H,4-5H2,1-3H3,(H,21,22). The molecule has 5 nitrogen and oxygen atoms in total. The van der Waals surface area contributed by atoms with E-state index >= 15 is 0 Å². The number of hydrogen-bond donors (Lipinski definition) is 1. The number of ether oxygens (including phenoxy) is 2. The van der Waals surface area contributed by atoms with Gasteiger partial charge in [-0.3, -0.25) is 4.79 Å². The van der Waals surface area contributed by atoms with E-state index in [0.29, 0.717) is 11.3 Å². The van der Waals surface area contributed by atoms with Crippen molar-refractivity contribution in [3.8, 4) is 5.75 Å². The number of hydrogen-bond acceptors (Lipinski definition) is 4. The highest BCUT2D eigenvalue weighted by Crippen LogP contribution is 2.31. The van der Waals surface area contributed by atoms with Gasteiger partial charge in [0, 0.05) is 11.6 Å². The third kappa shape index (κ3) is 4.51. The molecule has 0 aliphatic carbocycles. The van der Waals surface area contributed by atoms with Crippen LogP contribution in [0.3, 0.4) is 0 Å². The molecule has 0 aliphatic rings. The second-order valence-electron chi connectivity index (χ2n) is 5.26. The molecule has 2 rings (SSSR count). The average Bonchev–Trinajstić information content (AvgIpc) is 2.63. The Labute approximate surface area is 151 Å². The number of carbonyl (C=O) groups excluding carboxylic acids is 2. The lowest BCUT2D eigenvalue weighted by Gasteiger charge is -2.13. The van der Waals surface area contributed by atoms with Crippen LogP contribution >= 0.6 is 11.6 Å². The topological polar surface area (TPSA) is 64.6 Å². The quantitative estimate of drug-likeness (QED) is 0.777. The maximum absolute atomic E-state index is 12.4. The minimum absolute atomic E-state index is 0.208. The van der Waals surface area contributed by atoms with E-state index in [9.17, 15) is 9.59 Å². The number of amides is 1. The normalized spacial score (nSPS) is 10.2. The van der Waals surface area contributed by atoms with Gasteiger partial charge in [-0.1, -0.05) is 30.7 Å². The fraction of sp³-hybridized carbons (Fsp3) is 0.263. The van der Waals surface area contributed by atoms with Crippen molar-refractivity contribution >= 4 is 29.2 Å². The Morgan fingerprint density at radius 3 is 2.36 bits per heavy atom. The first kappa shape index (κ1) is 18.8. The molecule has 0 radical (unpaired) electrons. The number of halogens is 1. The van der Waals surface area contributed by atoms with Gasteiger partial charge in [-0.2, -0.15) is 0 Å². The zero-order chi connectivity index (χ0) is 18.4. The van der Waals surface area contributed by atoms with Gasteiger partial charge in [0.25, 0.3) is 5.91 Å². The molecular weight excluding hydrogens is 342 g/mol. The van der Waals surface area contributed by atoms with Gasteiger partial charge in [-0.15, -0.1) is 0 Å². The highest BCUT2D eigenvalue weighted by molar-refractivity contribution is 6.34. The third-order valence-electron chi connectivity index (χ3n) is 3.66. The summed E-state index contributed by atoms with van der Waals surface area (Å²) in [7, 11) is 1.43. The Bertz CT molecular complexity index is 772. The minimum Gasteiger partial charge on any atom is -0.496 e. The second kappa shape index (κ2) is 8.53. The molecule has 1 amide bonds. The van der Waals surface area contributed by atoms with Gasteiger partial charge in [0.2, 0.25) is 0 Å². The molecule has 2 aromatic rings. The third-order valence-corrected chi connectivity index (χ3v) is 3.97. The lowest BCUT2D eigenvalue weighted by Crippen LogP contribution is -2.13.